The van der Waals surface area contributed by atoms with E-state index < -0.39 is 0 Å². The number of carbonyl (C=O) groups excluding carboxylic acids is 1. The van der Waals surface area contributed by atoms with Gasteiger partial charge >= 0.3 is 0 Å². The molecule has 2 rings (SSSR count). The van der Waals surface area contributed by atoms with Crippen LogP contribution >= 0.6 is 0 Å². The zero-order valence-corrected chi connectivity index (χ0v) is 15.4. The van der Waals surface area contributed by atoms with E-state index in [1.807, 2.05) is 30.3 Å². The second-order valence-corrected chi connectivity index (χ2v) is 6.99. The second kappa shape index (κ2) is 8.62. The van der Waals surface area contributed by atoms with Gasteiger partial charge in [-0.1, -0.05) is 39.0 Å². The fourth-order valence-electron chi connectivity index (χ4n) is 2.55. The summed E-state index contributed by atoms with van der Waals surface area (Å²) < 4.78 is 5.03. The topological polar surface area (TPSA) is 63.2 Å². The molecule has 1 amide bonds. The van der Waals surface area contributed by atoms with Gasteiger partial charge < -0.3 is 15.4 Å². The largest absolute Gasteiger partial charge is 0.385 e. The van der Waals surface area contributed by atoms with Gasteiger partial charge in [0.2, 0.25) is 0 Å². The number of hydrogen-bond acceptors (Lipinski definition) is 4. The van der Waals surface area contributed by atoms with Crippen LogP contribution in [0.1, 0.15) is 43.1 Å². The molecule has 0 saturated heterocycles. The lowest BCUT2D eigenvalue weighted by molar-refractivity contribution is 0.102. The average molecular weight is 341 g/mol. The predicted molar refractivity (Wildman–Crippen MR) is 102 cm³/mol. The Balaban J connectivity index is 2.09. The van der Waals surface area contributed by atoms with Crippen LogP contribution in [0.3, 0.4) is 0 Å². The lowest BCUT2D eigenvalue weighted by Crippen LogP contribution is -2.19. The number of methoxy groups -OCH3 is 1. The quantitative estimate of drug-likeness (QED) is 0.745. The van der Waals surface area contributed by atoms with E-state index >= 15 is 0 Å². The highest BCUT2D eigenvalue weighted by molar-refractivity contribution is 6.05. The maximum absolute atomic E-state index is 12.6. The molecule has 0 aliphatic rings. The first-order valence-electron chi connectivity index (χ1n) is 8.50. The van der Waals surface area contributed by atoms with Crippen molar-refractivity contribution in [3.05, 3.63) is 53.9 Å². The van der Waals surface area contributed by atoms with Crippen molar-refractivity contribution in [2.24, 2.45) is 0 Å². The Morgan fingerprint density at radius 3 is 2.68 bits per heavy atom. The third kappa shape index (κ3) is 5.57. The lowest BCUT2D eigenvalue weighted by atomic mass is 9.86. The minimum absolute atomic E-state index is 0.0487. The molecule has 2 N–H and O–H groups in total. The van der Waals surface area contributed by atoms with Gasteiger partial charge in [0.25, 0.3) is 5.91 Å². The third-order valence-electron chi connectivity index (χ3n) is 3.84. The standard InChI is InChI=1S/C20H27N3O2/c1-20(2,3)17-8-5-6-9-18(17)23-19(24)15-12-16(14-21-13-15)22-10-7-11-25-4/h5-6,8-9,12-14,22H,7,10-11H2,1-4H3,(H,23,24). The summed E-state index contributed by atoms with van der Waals surface area (Å²) in [5, 5.41) is 6.26. The van der Waals surface area contributed by atoms with Crippen molar-refractivity contribution in [2.75, 3.05) is 30.9 Å². The van der Waals surface area contributed by atoms with Crippen LogP contribution in [0.15, 0.2) is 42.7 Å². The van der Waals surface area contributed by atoms with Gasteiger partial charge in [-0.15, -0.1) is 0 Å². The third-order valence-corrected chi connectivity index (χ3v) is 3.84. The summed E-state index contributed by atoms with van der Waals surface area (Å²) in [6, 6.07) is 9.70. The molecule has 5 nitrogen and oxygen atoms in total. The number of nitrogens with zero attached hydrogens (tertiary/aromatic N) is 1. The zero-order valence-electron chi connectivity index (χ0n) is 15.4. The van der Waals surface area contributed by atoms with Gasteiger partial charge in [-0.2, -0.15) is 0 Å². The maximum atomic E-state index is 12.6. The van der Waals surface area contributed by atoms with E-state index in [4.69, 9.17) is 4.74 Å². The molecule has 0 spiro atoms. The van der Waals surface area contributed by atoms with Gasteiger partial charge in [0, 0.05) is 38.3 Å². The van der Waals surface area contributed by atoms with E-state index in [1.165, 1.54) is 0 Å². The molecule has 0 bridgehead atoms. The van der Waals surface area contributed by atoms with Crippen molar-refractivity contribution in [2.45, 2.75) is 32.6 Å². The number of rotatable bonds is 7. The molecule has 1 heterocycles. The minimum atomic E-state index is -0.162. The van der Waals surface area contributed by atoms with Crippen molar-refractivity contribution >= 4 is 17.3 Å². The Morgan fingerprint density at radius 2 is 1.96 bits per heavy atom. The number of anilines is 2. The molecule has 0 fully saturated rings. The van der Waals surface area contributed by atoms with E-state index in [9.17, 15) is 4.79 Å². The Morgan fingerprint density at radius 1 is 1.20 bits per heavy atom. The number of hydrogen-bond donors (Lipinski definition) is 2. The highest BCUT2D eigenvalue weighted by Crippen LogP contribution is 2.29. The number of ether oxygens (including phenoxy) is 1. The molecule has 0 aliphatic heterocycles. The lowest BCUT2D eigenvalue weighted by Gasteiger charge is -2.23. The van der Waals surface area contributed by atoms with Crippen LogP contribution in [-0.2, 0) is 10.2 Å². The van der Waals surface area contributed by atoms with Crippen LogP contribution in [0, 0.1) is 0 Å². The average Bonchev–Trinajstić information content (AvgIpc) is 2.58. The Bertz CT molecular complexity index is 708. The van der Waals surface area contributed by atoms with Crippen molar-refractivity contribution in [1.82, 2.24) is 4.98 Å². The fourth-order valence-corrected chi connectivity index (χ4v) is 2.55. The molecule has 134 valence electrons. The Labute approximate surface area is 149 Å². The highest BCUT2D eigenvalue weighted by atomic mass is 16.5. The molecule has 2 aromatic rings. The number of nitrogens with one attached hydrogen (secondary N) is 2. The molecule has 1 aromatic heterocycles. The van der Waals surface area contributed by atoms with Gasteiger partial charge in [0.15, 0.2) is 0 Å². The summed E-state index contributed by atoms with van der Waals surface area (Å²) in [5.41, 5.74) is 3.24. The number of pyridine rings is 1. The number of carbonyl (C=O) groups is 1. The first-order chi connectivity index (χ1) is 11.9. The van der Waals surface area contributed by atoms with Crippen LogP contribution in [0.2, 0.25) is 0 Å². The van der Waals surface area contributed by atoms with Gasteiger partial charge in [-0.3, -0.25) is 9.78 Å². The summed E-state index contributed by atoms with van der Waals surface area (Å²) in [5.74, 6) is -0.162. The second-order valence-electron chi connectivity index (χ2n) is 6.99. The van der Waals surface area contributed by atoms with Gasteiger partial charge in [-0.25, -0.2) is 0 Å². The molecular formula is C20H27N3O2. The fraction of sp³-hybridized carbons (Fsp3) is 0.400. The number of benzene rings is 1. The number of aromatic nitrogens is 1. The highest BCUT2D eigenvalue weighted by Gasteiger charge is 2.19. The van der Waals surface area contributed by atoms with Gasteiger partial charge in [-0.05, 0) is 29.5 Å². The molecule has 25 heavy (non-hydrogen) atoms. The Kier molecular flexibility index (Phi) is 6.53. The maximum Gasteiger partial charge on any atom is 0.257 e. The summed E-state index contributed by atoms with van der Waals surface area (Å²) >= 11 is 0. The van der Waals surface area contributed by atoms with Crippen molar-refractivity contribution in [3.8, 4) is 0 Å². The van der Waals surface area contributed by atoms with E-state index in [-0.39, 0.29) is 11.3 Å². The minimum Gasteiger partial charge on any atom is -0.385 e. The van der Waals surface area contributed by atoms with Crippen LogP contribution < -0.4 is 10.6 Å². The first-order valence-corrected chi connectivity index (χ1v) is 8.50. The van der Waals surface area contributed by atoms with Crippen LogP contribution in [0.25, 0.3) is 0 Å². The van der Waals surface area contributed by atoms with Gasteiger partial charge in [0.05, 0.1) is 11.3 Å². The van der Waals surface area contributed by atoms with E-state index in [0.29, 0.717) is 12.2 Å². The van der Waals surface area contributed by atoms with Crippen molar-refractivity contribution in [1.29, 1.82) is 0 Å². The molecule has 0 unspecified atom stereocenters. The molecule has 0 saturated carbocycles. The number of para-hydroxylation sites is 1. The molecule has 0 aliphatic carbocycles. The molecule has 5 heteroatoms. The van der Waals surface area contributed by atoms with E-state index in [0.717, 1.165) is 29.9 Å². The molecule has 1 aromatic carbocycles. The van der Waals surface area contributed by atoms with Crippen molar-refractivity contribution in [3.63, 3.8) is 0 Å². The van der Waals surface area contributed by atoms with Crippen LogP contribution in [-0.4, -0.2) is 31.2 Å². The van der Waals surface area contributed by atoms with E-state index in [1.54, 1.807) is 19.5 Å². The Hall–Kier alpha value is -2.40. The molecular weight excluding hydrogens is 314 g/mol. The van der Waals surface area contributed by atoms with E-state index in [2.05, 4.69) is 36.4 Å². The van der Waals surface area contributed by atoms with Crippen LogP contribution in [0.5, 0.6) is 0 Å². The monoisotopic (exact) mass is 341 g/mol. The summed E-state index contributed by atoms with van der Waals surface area (Å²) in [6.45, 7) is 7.86. The molecule has 0 atom stereocenters. The normalized spacial score (nSPS) is 11.2. The summed E-state index contributed by atoms with van der Waals surface area (Å²) in [7, 11) is 1.68. The van der Waals surface area contributed by atoms with Gasteiger partial charge in [0.1, 0.15) is 0 Å². The SMILES string of the molecule is COCCCNc1cncc(C(=O)Nc2ccccc2C(C)(C)C)c1. The summed E-state index contributed by atoms with van der Waals surface area (Å²) in [4.78, 5) is 16.8. The molecule has 0 radical (unpaired) electrons. The van der Waals surface area contributed by atoms with Crippen molar-refractivity contribution < 1.29 is 9.53 Å². The number of amides is 1. The summed E-state index contributed by atoms with van der Waals surface area (Å²) in [6.07, 6.45) is 4.19. The predicted octanol–water partition coefficient (Wildman–Crippen LogP) is 4.08. The smallest absolute Gasteiger partial charge is 0.257 e. The first kappa shape index (κ1) is 18.9. The van der Waals surface area contributed by atoms with Crippen LogP contribution in [0.4, 0.5) is 11.4 Å². The zero-order chi connectivity index (χ0) is 18.3.